The van der Waals surface area contributed by atoms with E-state index in [2.05, 4.69) is 15.2 Å². The summed E-state index contributed by atoms with van der Waals surface area (Å²) in [5.74, 6) is 0.619. The zero-order valence-corrected chi connectivity index (χ0v) is 16.2. The van der Waals surface area contributed by atoms with Crippen molar-refractivity contribution in [3.63, 3.8) is 0 Å². The van der Waals surface area contributed by atoms with Crippen LogP contribution in [0.5, 0.6) is 0 Å². The van der Waals surface area contributed by atoms with Gasteiger partial charge < -0.3 is 4.90 Å². The van der Waals surface area contributed by atoms with Crippen LogP contribution in [0.4, 0.5) is 0 Å². The summed E-state index contributed by atoms with van der Waals surface area (Å²) in [6.45, 7) is 1.78. The molecule has 1 saturated heterocycles. The van der Waals surface area contributed by atoms with Gasteiger partial charge in [-0.15, -0.1) is 21.5 Å². The summed E-state index contributed by atoms with van der Waals surface area (Å²) >= 11 is 3.27. The lowest BCUT2D eigenvalue weighted by Crippen LogP contribution is -2.36. The molecule has 0 N–H and O–H groups in total. The van der Waals surface area contributed by atoms with Crippen molar-refractivity contribution in [2.24, 2.45) is 0 Å². The molecule has 1 aliphatic carbocycles. The first-order valence-electron chi connectivity index (χ1n) is 9.36. The number of thiophene rings is 1. The van der Waals surface area contributed by atoms with Gasteiger partial charge in [0.1, 0.15) is 11.2 Å². The summed E-state index contributed by atoms with van der Waals surface area (Å²) in [7, 11) is 0. The van der Waals surface area contributed by atoms with E-state index in [1.807, 2.05) is 15.6 Å². The molecule has 4 heterocycles. The molecule has 0 spiro atoms. The van der Waals surface area contributed by atoms with Crippen molar-refractivity contribution in [1.29, 1.82) is 0 Å². The smallest absolute Gasteiger partial charge is 0.233 e. The number of amides is 1. The Morgan fingerprint density at radius 3 is 2.85 bits per heavy atom. The number of carbonyl (C=O) groups excluding carboxylic acids is 1. The van der Waals surface area contributed by atoms with Gasteiger partial charge in [-0.1, -0.05) is 11.8 Å². The third kappa shape index (κ3) is 2.79. The molecule has 0 radical (unpaired) electrons. The normalized spacial score (nSPS) is 17.8. The topological polar surface area (TPSA) is 63.4 Å². The molecule has 26 heavy (non-hydrogen) atoms. The number of thioether (sulfide) groups is 1. The zero-order chi connectivity index (χ0) is 17.5. The van der Waals surface area contributed by atoms with Gasteiger partial charge in [0.2, 0.25) is 5.91 Å². The van der Waals surface area contributed by atoms with E-state index >= 15 is 0 Å². The van der Waals surface area contributed by atoms with Gasteiger partial charge in [0.15, 0.2) is 10.8 Å². The van der Waals surface area contributed by atoms with E-state index in [-0.39, 0.29) is 5.91 Å². The molecule has 0 aromatic carbocycles. The fourth-order valence-corrected chi connectivity index (χ4v) is 6.02. The molecule has 2 aliphatic rings. The van der Waals surface area contributed by atoms with Gasteiger partial charge in [0.25, 0.3) is 0 Å². The Morgan fingerprint density at radius 1 is 1.12 bits per heavy atom. The largest absolute Gasteiger partial charge is 0.342 e. The fourth-order valence-electron chi connectivity index (χ4n) is 3.99. The fraction of sp³-hybridized carbons (Fsp3) is 0.556. The van der Waals surface area contributed by atoms with Crippen LogP contribution in [0.2, 0.25) is 0 Å². The number of aryl methyl sites for hydroxylation is 2. The maximum absolute atomic E-state index is 12.4. The minimum Gasteiger partial charge on any atom is -0.342 e. The van der Waals surface area contributed by atoms with Crippen LogP contribution >= 0.6 is 23.1 Å². The van der Waals surface area contributed by atoms with E-state index in [4.69, 9.17) is 0 Å². The summed E-state index contributed by atoms with van der Waals surface area (Å²) in [4.78, 5) is 21.6. The van der Waals surface area contributed by atoms with Gasteiger partial charge >= 0.3 is 0 Å². The van der Waals surface area contributed by atoms with E-state index in [1.54, 1.807) is 11.3 Å². The molecule has 3 aromatic heterocycles. The predicted molar refractivity (Wildman–Crippen MR) is 104 cm³/mol. The summed E-state index contributed by atoms with van der Waals surface area (Å²) < 4.78 is 1.96. The lowest BCUT2D eigenvalue weighted by molar-refractivity contribution is -0.129. The number of aromatic nitrogens is 4. The Kier molecular flexibility index (Phi) is 4.32. The maximum Gasteiger partial charge on any atom is 0.233 e. The molecule has 136 valence electrons. The van der Waals surface area contributed by atoms with E-state index in [9.17, 15) is 4.79 Å². The van der Waals surface area contributed by atoms with E-state index < -0.39 is 0 Å². The van der Waals surface area contributed by atoms with Crippen LogP contribution in [0.1, 0.15) is 42.5 Å². The highest BCUT2D eigenvalue weighted by molar-refractivity contribution is 7.99. The predicted octanol–water partition coefficient (Wildman–Crippen LogP) is 3.32. The Bertz CT molecular complexity index is 973. The van der Waals surface area contributed by atoms with Crippen LogP contribution in [0, 0.1) is 0 Å². The molecule has 0 unspecified atom stereocenters. The third-order valence-electron chi connectivity index (χ3n) is 5.36. The SMILES string of the molecule is O=C(CSc1nnc2c3c4c(sc3ncn12)CCCC4)N1CCCCC1. The van der Waals surface area contributed by atoms with Gasteiger partial charge in [-0.3, -0.25) is 9.20 Å². The van der Waals surface area contributed by atoms with Crippen LogP contribution < -0.4 is 0 Å². The molecule has 1 fully saturated rings. The molecule has 5 rings (SSSR count). The molecule has 1 amide bonds. The van der Waals surface area contributed by atoms with E-state index in [0.717, 1.165) is 54.4 Å². The van der Waals surface area contributed by atoms with Crippen LogP contribution in [0.25, 0.3) is 15.9 Å². The van der Waals surface area contributed by atoms with Crippen LogP contribution in [-0.4, -0.2) is 49.2 Å². The van der Waals surface area contributed by atoms with E-state index in [0.29, 0.717) is 5.75 Å². The lowest BCUT2D eigenvalue weighted by Gasteiger charge is -2.26. The maximum atomic E-state index is 12.4. The summed E-state index contributed by atoms with van der Waals surface area (Å²) in [6.07, 6.45) is 10.1. The molecule has 6 nitrogen and oxygen atoms in total. The van der Waals surface area contributed by atoms with Crippen molar-refractivity contribution in [2.75, 3.05) is 18.8 Å². The minimum atomic E-state index is 0.202. The first-order chi connectivity index (χ1) is 12.8. The Hall–Kier alpha value is -1.67. The number of piperidine rings is 1. The second-order valence-electron chi connectivity index (χ2n) is 7.04. The highest BCUT2D eigenvalue weighted by atomic mass is 32.2. The number of hydrogen-bond donors (Lipinski definition) is 0. The number of rotatable bonds is 3. The number of hydrogen-bond acceptors (Lipinski definition) is 6. The third-order valence-corrected chi connectivity index (χ3v) is 7.49. The van der Waals surface area contributed by atoms with Crippen molar-refractivity contribution in [2.45, 2.75) is 50.1 Å². The zero-order valence-electron chi connectivity index (χ0n) is 14.6. The summed E-state index contributed by atoms with van der Waals surface area (Å²) in [5, 5.41) is 10.7. The molecule has 1 aliphatic heterocycles. The second-order valence-corrected chi connectivity index (χ2v) is 9.07. The van der Waals surface area contributed by atoms with Crippen molar-refractivity contribution >= 4 is 44.9 Å². The first kappa shape index (κ1) is 16.5. The molecule has 0 bridgehead atoms. The monoisotopic (exact) mass is 387 g/mol. The quantitative estimate of drug-likeness (QED) is 0.645. The highest BCUT2D eigenvalue weighted by Crippen LogP contribution is 2.37. The van der Waals surface area contributed by atoms with E-state index in [1.165, 1.54) is 46.9 Å². The van der Waals surface area contributed by atoms with Crippen molar-refractivity contribution in [3.8, 4) is 0 Å². The average Bonchev–Trinajstić information content (AvgIpc) is 3.27. The number of nitrogens with zero attached hydrogens (tertiary/aromatic N) is 5. The Balaban J connectivity index is 1.43. The van der Waals surface area contributed by atoms with Gasteiger partial charge in [-0.25, -0.2) is 4.98 Å². The van der Waals surface area contributed by atoms with Crippen molar-refractivity contribution in [1.82, 2.24) is 24.5 Å². The molecular weight excluding hydrogens is 366 g/mol. The molecule has 3 aromatic rings. The van der Waals surface area contributed by atoms with Crippen LogP contribution in [-0.2, 0) is 17.6 Å². The van der Waals surface area contributed by atoms with Crippen LogP contribution in [0.3, 0.4) is 0 Å². The van der Waals surface area contributed by atoms with Crippen molar-refractivity contribution < 1.29 is 4.79 Å². The minimum absolute atomic E-state index is 0.202. The number of carbonyl (C=O) groups is 1. The Labute approximate surface area is 160 Å². The van der Waals surface area contributed by atoms with Crippen molar-refractivity contribution in [3.05, 3.63) is 16.8 Å². The van der Waals surface area contributed by atoms with Crippen LogP contribution in [0.15, 0.2) is 11.5 Å². The van der Waals surface area contributed by atoms with Gasteiger partial charge in [0, 0.05) is 18.0 Å². The second kappa shape index (κ2) is 6.81. The molecule has 0 atom stereocenters. The number of likely N-dealkylation sites (tertiary alicyclic amines) is 1. The molecule has 0 saturated carbocycles. The standard InChI is InChI=1S/C18H21N5OS2/c24-14(22-8-4-1-5-9-22)10-25-18-21-20-16-15-12-6-2-3-7-13(12)26-17(15)19-11-23(16)18/h11H,1-10H2. The number of fused-ring (bicyclic) bond motifs is 5. The summed E-state index contributed by atoms with van der Waals surface area (Å²) in [5.41, 5.74) is 2.31. The molecular formula is C18H21N5OS2. The van der Waals surface area contributed by atoms with Gasteiger partial charge in [-0.05, 0) is 50.5 Å². The lowest BCUT2D eigenvalue weighted by atomic mass is 9.97. The first-order valence-corrected chi connectivity index (χ1v) is 11.2. The van der Waals surface area contributed by atoms with Gasteiger partial charge in [-0.2, -0.15) is 0 Å². The highest BCUT2D eigenvalue weighted by Gasteiger charge is 2.22. The molecule has 8 heteroatoms. The summed E-state index contributed by atoms with van der Waals surface area (Å²) in [6, 6.07) is 0. The Morgan fingerprint density at radius 2 is 1.96 bits per heavy atom. The van der Waals surface area contributed by atoms with Gasteiger partial charge in [0.05, 0.1) is 11.1 Å². The average molecular weight is 388 g/mol.